The zero-order valence-corrected chi connectivity index (χ0v) is 14.6. The Hall–Kier alpha value is -2.01. The fraction of sp³-hybridized carbons (Fsp3) is 0.421. The number of benzene rings is 1. The van der Waals surface area contributed by atoms with Crippen molar-refractivity contribution in [3.8, 4) is 11.5 Å². The fourth-order valence-corrected chi connectivity index (χ4v) is 4.57. The molecule has 2 aromatic rings. The van der Waals surface area contributed by atoms with Gasteiger partial charge in [-0.25, -0.2) is 0 Å². The van der Waals surface area contributed by atoms with Gasteiger partial charge >= 0.3 is 0 Å². The van der Waals surface area contributed by atoms with Gasteiger partial charge in [-0.1, -0.05) is 12.1 Å². The molecule has 0 spiro atoms. The van der Waals surface area contributed by atoms with Gasteiger partial charge in [0.25, 0.3) is 5.91 Å². The summed E-state index contributed by atoms with van der Waals surface area (Å²) in [5, 5.41) is 0. The summed E-state index contributed by atoms with van der Waals surface area (Å²) in [5.41, 5.74) is 1.37. The van der Waals surface area contributed by atoms with Crippen molar-refractivity contribution in [2.75, 3.05) is 19.7 Å². The number of nitrogens with zero attached hydrogens (tertiary/aromatic N) is 1. The van der Waals surface area contributed by atoms with Crippen LogP contribution in [0.3, 0.4) is 0 Å². The molecule has 0 saturated heterocycles. The maximum Gasteiger partial charge on any atom is 0.264 e. The molecule has 0 radical (unpaired) electrons. The third-order valence-corrected chi connectivity index (χ3v) is 5.84. The van der Waals surface area contributed by atoms with Gasteiger partial charge in [-0.05, 0) is 49.9 Å². The van der Waals surface area contributed by atoms with E-state index in [0.717, 1.165) is 29.2 Å². The lowest BCUT2D eigenvalue weighted by atomic mass is 10.2. The van der Waals surface area contributed by atoms with Crippen LogP contribution in [0.4, 0.5) is 0 Å². The van der Waals surface area contributed by atoms with E-state index in [0.29, 0.717) is 19.7 Å². The van der Waals surface area contributed by atoms with E-state index in [1.165, 1.54) is 16.9 Å². The first kappa shape index (κ1) is 15.5. The standard InChI is InChI=1S/C19H21NO3S/c1-2-20(19(21)18-10-13-6-5-9-17(13)24-18)11-14-12-22-15-7-3-4-8-16(15)23-14/h3-4,7-8,10,14H,2,5-6,9,11-12H2,1H3. The summed E-state index contributed by atoms with van der Waals surface area (Å²) >= 11 is 1.66. The van der Waals surface area contributed by atoms with Crippen molar-refractivity contribution in [3.05, 3.63) is 45.6 Å². The average molecular weight is 343 g/mol. The molecule has 4 rings (SSSR count). The van der Waals surface area contributed by atoms with Crippen LogP contribution in [-0.2, 0) is 12.8 Å². The van der Waals surface area contributed by atoms with Crippen molar-refractivity contribution in [3.63, 3.8) is 0 Å². The molecule has 1 aliphatic heterocycles. The molecule has 1 atom stereocenters. The number of hydrogen-bond acceptors (Lipinski definition) is 4. The van der Waals surface area contributed by atoms with Crippen LogP contribution >= 0.6 is 11.3 Å². The molecule has 1 amide bonds. The molecule has 2 heterocycles. The Morgan fingerprint density at radius 2 is 2.12 bits per heavy atom. The third-order valence-electron chi connectivity index (χ3n) is 4.62. The molecule has 24 heavy (non-hydrogen) atoms. The first-order valence-corrected chi connectivity index (χ1v) is 9.35. The van der Waals surface area contributed by atoms with E-state index in [1.54, 1.807) is 11.3 Å². The van der Waals surface area contributed by atoms with E-state index in [-0.39, 0.29) is 12.0 Å². The van der Waals surface area contributed by atoms with Crippen LogP contribution in [0.5, 0.6) is 11.5 Å². The highest BCUT2D eigenvalue weighted by Gasteiger charge is 2.27. The van der Waals surface area contributed by atoms with Gasteiger partial charge in [-0.15, -0.1) is 11.3 Å². The van der Waals surface area contributed by atoms with Crippen molar-refractivity contribution in [1.29, 1.82) is 0 Å². The minimum Gasteiger partial charge on any atom is -0.486 e. The Labute approximate surface area is 146 Å². The molecule has 1 aromatic heterocycles. The van der Waals surface area contributed by atoms with Crippen molar-refractivity contribution in [2.24, 2.45) is 0 Å². The number of thiophene rings is 1. The van der Waals surface area contributed by atoms with E-state index in [9.17, 15) is 4.79 Å². The molecule has 4 nitrogen and oxygen atoms in total. The SMILES string of the molecule is CCN(CC1COc2ccccc2O1)C(=O)c1cc2c(s1)CCC2. The second kappa shape index (κ2) is 6.48. The van der Waals surface area contributed by atoms with Gasteiger partial charge in [-0.2, -0.15) is 0 Å². The number of carbonyl (C=O) groups is 1. The van der Waals surface area contributed by atoms with Crippen LogP contribution < -0.4 is 9.47 Å². The normalized spacial score (nSPS) is 18.3. The van der Waals surface area contributed by atoms with Crippen LogP contribution in [0.2, 0.25) is 0 Å². The van der Waals surface area contributed by atoms with E-state index in [4.69, 9.17) is 9.47 Å². The van der Waals surface area contributed by atoms with Gasteiger partial charge in [0.2, 0.25) is 0 Å². The molecule has 2 aliphatic rings. The smallest absolute Gasteiger partial charge is 0.264 e. The Bertz CT molecular complexity index is 733. The lowest BCUT2D eigenvalue weighted by Gasteiger charge is -2.30. The second-order valence-corrected chi connectivity index (χ2v) is 7.39. The second-order valence-electron chi connectivity index (χ2n) is 6.25. The molecule has 1 aromatic carbocycles. The molecular weight excluding hydrogens is 322 g/mol. The van der Waals surface area contributed by atoms with Crippen molar-refractivity contribution in [2.45, 2.75) is 32.3 Å². The minimum atomic E-state index is -0.129. The highest BCUT2D eigenvalue weighted by molar-refractivity contribution is 7.14. The van der Waals surface area contributed by atoms with Crippen LogP contribution in [0.25, 0.3) is 0 Å². The van der Waals surface area contributed by atoms with Crippen LogP contribution in [0, 0.1) is 0 Å². The summed E-state index contributed by atoms with van der Waals surface area (Å²) in [6.45, 7) is 3.70. The predicted molar refractivity (Wildman–Crippen MR) is 94.3 cm³/mol. The Kier molecular flexibility index (Phi) is 4.19. The summed E-state index contributed by atoms with van der Waals surface area (Å²) in [7, 11) is 0. The number of hydrogen-bond donors (Lipinski definition) is 0. The molecular formula is C19H21NO3S. The summed E-state index contributed by atoms with van der Waals surface area (Å²) in [5.74, 6) is 1.64. The first-order chi connectivity index (χ1) is 11.7. The van der Waals surface area contributed by atoms with Gasteiger partial charge in [0.15, 0.2) is 17.6 Å². The number of amides is 1. The van der Waals surface area contributed by atoms with Crippen molar-refractivity contribution < 1.29 is 14.3 Å². The van der Waals surface area contributed by atoms with Gasteiger partial charge in [0, 0.05) is 11.4 Å². The zero-order chi connectivity index (χ0) is 16.5. The molecule has 0 saturated carbocycles. The quantitative estimate of drug-likeness (QED) is 0.852. The molecule has 0 N–H and O–H groups in total. The lowest BCUT2D eigenvalue weighted by Crippen LogP contribution is -2.43. The molecule has 0 fully saturated rings. The highest BCUT2D eigenvalue weighted by Crippen LogP contribution is 2.33. The molecule has 5 heteroatoms. The fourth-order valence-electron chi connectivity index (χ4n) is 3.34. The summed E-state index contributed by atoms with van der Waals surface area (Å²) in [4.78, 5) is 17.0. The van der Waals surface area contributed by atoms with Gasteiger partial charge < -0.3 is 14.4 Å². The number of aryl methyl sites for hydroxylation is 2. The predicted octanol–water partition coefficient (Wildman–Crippen LogP) is 3.54. The van der Waals surface area contributed by atoms with E-state index < -0.39 is 0 Å². The molecule has 1 aliphatic carbocycles. The number of para-hydroxylation sites is 2. The Morgan fingerprint density at radius 3 is 2.92 bits per heavy atom. The Morgan fingerprint density at radius 1 is 1.29 bits per heavy atom. The number of carbonyl (C=O) groups excluding carboxylic acids is 1. The Balaban J connectivity index is 1.45. The van der Waals surface area contributed by atoms with E-state index in [1.807, 2.05) is 36.1 Å². The molecule has 1 unspecified atom stereocenters. The van der Waals surface area contributed by atoms with Crippen LogP contribution in [0.1, 0.15) is 33.5 Å². The monoisotopic (exact) mass is 343 g/mol. The summed E-state index contributed by atoms with van der Waals surface area (Å²) in [6.07, 6.45) is 3.33. The summed E-state index contributed by atoms with van der Waals surface area (Å²) < 4.78 is 11.8. The van der Waals surface area contributed by atoms with Crippen LogP contribution in [0.15, 0.2) is 30.3 Å². The zero-order valence-electron chi connectivity index (χ0n) is 13.8. The maximum absolute atomic E-state index is 12.8. The topological polar surface area (TPSA) is 38.8 Å². The maximum atomic E-state index is 12.8. The van der Waals surface area contributed by atoms with E-state index >= 15 is 0 Å². The largest absolute Gasteiger partial charge is 0.486 e. The molecule has 126 valence electrons. The van der Waals surface area contributed by atoms with Crippen molar-refractivity contribution in [1.82, 2.24) is 4.90 Å². The molecule has 0 bridgehead atoms. The highest BCUT2D eigenvalue weighted by atomic mass is 32.1. The number of ether oxygens (including phenoxy) is 2. The van der Waals surface area contributed by atoms with Crippen molar-refractivity contribution >= 4 is 17.2 Å². The number of likely N-dealkylation sites (N-methyl/N-ethyl adjacent to an activating group) is 1. The third kappa shape index (κ3) is 2.88. The van der Waals surface area contributed by atoms with Gasteiger partial charge in [-0.3, -0.25) is 4.79 Å². The summed E-state index contributed by atoms with van der Waals surface area (Å²) in [6, 6.07) is 9.76. The minimum absolute atomic E-state index is 0.111. The number of rotatable bonds is 4. The van der Waals surface area contributed by atoms with Gasteiger partial charge in [0.05, 0.1) is 11.4 Å². The van der Waals surface area contributed by atoms with E-state index in [2.05, 4.69) is 6.07 Å². The average Bonchev–Trinajstić information content (AvgIpc) is 3.21. The van der Waals surface area contributed by atoms with Gasteiger partial charge in [0.1, 0.15) is 6.61 Å². The number of fused-ring (bicyclic) bond motifs is 2. The first-order valence-electron chi connectivity index (χ1n) is 8.54. The van der Waals surface area contributed by atoms with Crippen LogP contribution in [-0.4, -0.2) is 36.6 Å². The lowest BCUT2D eigenvalue weighted by molar-refractivity contribution is 0.0478.